The van der Waals surface area contributed by atoms with Crippen molar-refractivity contribution in [3.63, 3.8) is 0 Å². The zero-order valence-electron chi connectivity index (χ0n) is 19.0. The summed E-state index contributed by atoms with van der Waals surface area (Å²) in [7, 11) is -8.41. The van der Waals surface area contributed by atoms with E-state index in [4.69, 9.17) is 31.6 Å². The molecule has 5 aromatic rings. The first-order valence-corrected chi connectivity index (χ1v) is 14.3. The second kappa shape index (κ2) is 9.55. The average molecular weight is 591 g/mol. The summed E-state index contributed by atoms with van der Waals surface area (Å²) in [6.45, 7) is 0. The van der Waals surface area contributed by atoms with Gasteiger partial charge in [-0.25, -0.2) is 0 Å². The lowest BCUT2D eigenvalue weighted by Crippen LogP contribution is -2.09. The molecule has 0 bridgehead atoms. The van der Waals surface area contributed by atoms with Crippen LogP contribution in [0.25, 0.3) is 21.5 Å². The molecular weight excluding hydrogens is 575 g/mol. The first-order chi connectivity index (χ1) is 17.9. The van der Waals surface area contributed by atoms with Crippen LogP contribution in [0.5, 0.6) is 23.0 Å². The number of phenolic OH excluding ortho intramolecular Hbond substituents is 2. The third kappa shape index (κ3) is 5.16. The summed E-state index contributed by atoms with van der Waals surface area (Å²) >= 11 is 11.6. The smallest absolute Gasteiger partial charge is 0.339 e. The van der Waals surface area contributed by atoms with Gasteiger partial charge in [-0.1, -0.05) is 35.3 Å². The Labute approximate surface area is 227 Å². The standard InChI is InChI=1S/C26H16Cl2O8S2/c27-23-13-21(5-7-25(23)29)37(31,32)35-19-3-1-15-9-18-12-20(4-2-16(18)10-17(15)11-19)36-38(33,34)22-6-8-26(30)24(28)14-22/h1-14,29-30H. The maximum atomic E-state index is 12.7. The molecule has 194 valence electrons. The molecule has 38 heavy (non-hydrogen) atoms. The summed E-state index contributed by atoms with van der Waals surface area (Å²) in [5.74, 6) is -0.363. The molecule has 0 spiro atoms. The molecule has 0 atom stereocenters. The zero-order valence-corrected chi connectivity index (χ0v) is 22.1. The molecular formula is C26H16Cl2O8S2. The van der Waals surface area contributed by atoms with Gasteiger partial charge >= 0.3 is 20.2 Å². The summed E-state index contributed by atoms with van der Waals surface area (Å²) in [5.41, 5.74) is 0. The molecule has 8 nitrogen and oxygen atoms in total. The Balaban J connectivity index is 1.43. The third-order valence-electron chi connectivity index (χ3n) is 5.57. The normalized spacial score (nSPS) is 12.1. The molecule has 0 radical (unpaired) electrons. The predicted molar refractivity (Wildman–Crippen MR) is 143 cm³/mol. The lowest BCUT2D eigenvalue weighted by Gasteiger charge is -2.11. The van der Waals surface area contributed by atoms with Crippen LogP contribution in [0.2, 0.25) is 10.0 Å². The van der Waals surface area contributed by atoms with Gasteiger partial charge in [0.05, 0.1) is 10.0 Å². The maximum Gasteiger partial charge on any atom is 0.339 e. The third-order valence-corrected chi connectivity index (χ3v) is 8.66. The van der Waals surface area contributed by atoms with Gasteiger partial charge < -0.3 is 18.6 Å². The molecule has 5 aromatic carbocycles. The van der Waals surface area contributed by atoms with Crippen molar-refractivity contribution in [3.8, 4) is 23.0 Å². The molecule has 0 saturated heterocycles. The summed E-state index contributed by atoms with van der Waals surface area (Å²) in [5, 5.41) is 21.6. The van der Waals surface area contributed by atoms with E-state index in [9.17, 15) is 27.0 Å². The highest BCUT2D eigenvalue weighted by molar-refractivity contribution is 7.87. The fraction of sp³-hybridized carbons (Fsp3) is 0. The van der Waals surface area contributed by atoms with Crippen LogP contribution in [0, 0.1) is 0 Å². The Morgan fingerprint density at radius 1 is 0.500 bits per heavy atom. The molecule has 0 saturated carbocycles. The largest absolute Gasteiger partial charge is 0.506 e. The first-order valence-electron chi connectivity index (χ1n) is 10.7. The van der Waals surface area contributed by atoms with Crippen LogP contribution in [-0.2, 0) is 20.2 Å². The first kappa shape index (κ1) is 25.9. The van der Waals surface area contributed by atoms with Crippen molar-refractivity contribution in [3.05, 3.63) is 95.0 Å². The lowest BCUT2D eigenvalue weighted by molar-refractivity contribution is 0.472. The number of rotatable bonds is 6. The SMILES string of the molecule is O=S(=O)(Oc1ccc2cc3cc(OS(=O)(=O)c4ccc(O)c(Cl)c4)ccc3cc2c1)c1ccc(O)c(Cl)c1. The number of fused-ring (bicyclic) bond motifs is 2. The van der Waals surface area contributed by atoms with Crippen LogP contribution in [0.3, 0.4) is 0 Å². The van der Waals surface area contributed by atoms with Gasteiger partial charge in [-0.05, 0) is 94.3 Å². The van der Waals surface area contributed by atoms with Crippen LogP contribution in [0.1, 0.15) is 0 Å². The van der Waals surface area contributed by atoms with Crippen molar-refractivity contribution in [1.29, 1.82) is 0 Å². The zero-order chi connectivity index (χ0) is 27.2. The number of phenols is 2. The Bertz CT molecular complexity index is 1810. The van der Waals surface area contributed by atoms with Gasteiger partial charge in [0.1, 0.15) is 32.8 Å². The molecule has 0 aliphatic rings. The fourth-order valence-electron chi connectivity index (χ4n) is 3.69. The van der Waals surface area contributed by atoms with E-state index in [1.165, 1.54) is 24.3 Å². The topological polar surface area (TPSA) is 127 Å². The van der Waals surface area contributed by atoms with Crippen LogP contribution < -0.4 is 8.37 Å². The second-order valence-corrected chi connectivity index (χ2v) is 12.1. The van der Waals surface area contributed by atoms with E-state index in [-0.39, 0.29) is 42.8 Å². The number of halogens is 2. The van der Waals surface area contributed by atoms with Gasteiger partial charge in [0.2, 0.25) is 0 Å². The van der Waals surface area contributed by atoms with Crippen molar-refractivity contribution < 1.29 is 35.4 Å². The predicted octanol–water partition coefficient (Wildman–Crippen LogP) is 6.25. The van der Waals surface area contributed by atoms with Gasteiger partial charge in [-0.2, -0.15) is 16.8 Å². The molecule has 0 unspecified atom stereocenters. The Hall–Kier alpha value is -3.70. The van der Waals surface area contributed by atoms with Crippen LogP contribution in [0.15, 0.2) is 94.7 Å². The van der Waals surface area contributed by atoms with Gasteiger partial charge in [0.25, 0.3) is 0 Å². The molecule has 12 heteroatoms. The summed E-state index contributed by atoms with van der Waals surface area (Å²) < 4.78 is 61.1. The molecule has 0 aliphatic heterocycles. The Morgan fingerprint density at radius 2 is 0.895 bits per heavy atom. The minimum atomic E-state index is -4.21. The van der Waals surface area contributed by atoms with Crippen LogP contribution in [-0.4, -0.2) is 27.0 Å². The molecule has 0 amide bonds. The van der Waals surface area contributed by atoms with Gasteiger partial charge in [0.15, 0.2) is 0 Å². The molecule has 2 N–H and O–H groups in total. The minimum Gasteiger partial charge on any atom is -0.506 e. The van der Waals surface area contributed by atoms with E-state index in [1.807, 2.05) is 0 Å². The van der Waals surface area contributed by atoms with Crippen LogP contribution >= 0.6 is 23.2 Å². The number of hydrogen-bond donors (Lipinski definition) is 2. The van der Waals surface area contributed by atoms with E-state index in [1.54, 1.807) is 36.4 Å². The van der Waals surface area contributed by atoms with Crippen molar-refractivity contribution in [2.75, 3.05) is 0 Å². The van der Waals surface area contributed by atoms with Crippen molar-refractivity contribution >= 4 is 65.0 Å². The highest BCUT2D eigenvalue weighted by Crippen LogP contribution is 2.33. The van der Waals surface area contributed by atoms with Crippen molar-refractivity contribution in [1.82, 2.24) is 0 Å². The van der Waals surface area contributed by atoms with E-state index >= 15 is 0 Å². The summed E-state index contributed by atoms with van der Waals surface area (Å²) in [6, 6.07) is 19.8. The van der Waals surface area contributed by atoms with Gasteiger partial charge in [-0.3, -0.25) is 0 Å². The number of benzene rings is 5. The molecule has 0 aliphatic carbocycles. The molecule has 0 aromatic heterocycles. The van der Waals surface area contributed by atoms with E-state index in [0.29, 0.717) is 10.8 Å². The van der Waals surface area contributed by atoms with E-state index < -0.39 is 20.2 Å². The van der Waals surface area contributed by atoms with Crippen molar-refractivity contribution in [2.45, 2.75) is 9.79 Å². The Kier molecular flexibility index (Phi) is 6.52. The molecule has 0 fully saturated rings. The van der Waals surface area contributed by atoms with E-state index in [2.05, 4.69) is 0 Å². The monoisotopic (exact) mass is 590 g/mol. The highest BCUT2D eigenvalue weighted by atomic mass is 35.5. The Morgan fingerprint density at radius 3 is 1.26 bits per heavy atom. The number of hydrogen-bond acceptors (Lipinski definition) is 8. The molecule has 0 heterocycles. The summed E-state index contributed by atoms with van der Waals surface area (Å²) in [6.07, 6.45) is 0. The maximum absolute atomic E-state index is 12.7. The van der Waals surface area contributed by atoms with Gasteiger partial charge in [-0.15, -0.1) is 0 Å². The molecule has 5 rings (SSSR count). The van der Waals surface area contributed by atoms with Crippen molar-refractivity contribution in [2.24, 2.45) is 0 Å². The number of aromatic hydroxyl groups is 2. The quantitative estimate of drug-likeness (QED) is 0.175. The average Bonchev–Trinajstić information content (AvgIpc) is 2.85. The second-order valence-electron chi connectivity index (χ2n) is 8.17. The highest BCUT2D eigenvalue weighted by Gasteiger charge is 2.20. The fourth-order valence-corrected chi connectivity index (χ4v) is 6.08. The van der Waals surface area contributed by atoms with E-state index in [0.717, 1.165) is 35.0 Å². The van der Waals surface area contributed by atoms with Crippen LogP contribution in [0.4, 0.5) is 0 Å². The summed E-state index contributed by atoms with van der Waals surface area (Å²) in [4.78, 5) is -0.424. The lowest BCUT2D eigenvalue weighted by atomic mass is 10.0. The van der Waals surface area contributed by atoms with Gasteiger partial charge in [0, 0.05) is 0 Å². The minimum absolute atomic E-state index is 0.0691.